The van der Waals surface area contributed by atoms with Crippen LogP contribution in [0.3, 0.4) is 0 Å². The molecule has 0 radical (unpaired) electrons. The van der Waals surface area contributed by atoms with Crippen molar-refractivity contribution < 1.29 is 4.79 Å². The van der Waals surface area contributed by atoms with E-state index in [4.69, 9.17) is 0 Å². The summed E-state index contributed by atoms with van der Waals surface area (Å²) in [5.41, 5.74) is 0. The molecule has 0 saturated heterocycles. The fourth-order valence-corrected chi connectivity index (χ4v) is 4.97. The standard InChI is InChI=1S/C17H25NOS/c1-12(16-11-13-7-8-14(16)10-13)18-17(19)6-2-4-15-5-3-9-20-15/h3,5,9,12-14,16H,2,4,6-8,10-11H2,1H3,(H,18,19)/t12-,13+,14+,16-/m0/s1. The van der Waals surface area contributed by atoms with Gasteiger partial charge >= 0.3 is 0 Å². The third-order valence-electron chi connectivity index (χ3n) is 5.23. The molecule has 1 amide bonds. The summed E-state index contributed by atoms with van der Waals surface area (Å²) in [6.45, 7) is 2.21. The zero-order chi connectivity index (χ0) is 13.9. The van der Waals surface area contributed by atoms with Gasteiger partial charge in [-0.15, -0.1) is 11.3 Å². The van der Waals surface area contributed by atoms with Gasteiger partial charge in [0.1, 0.15) is 0 Å². The van der Waals surface area contributed by atoms with E-state index < -0.39 is 0 Å². The summed E-state index contributed by atoms with van der Waals surface area (Å²) in [5.74, 6) is 2.84. The van der Waals surface area contributed by atoms with Gasteiger partial charge < -0.3 is 5.32 Å². The number of nitrogens with one attached hydrogen (secondary N) is 1. The number of hydrogen-bond donors (Lipinski definition) is 1. The van der Waals surface area contributed by atoms with Crippen molar-refractivity contribution in [2.24, 2.45) is 17.8 Å². The first kappa shape index (κ1) is 14.1. The van der Waals surface area contributed by atoms with Gasteiger partial charge in [-0.2, -0.15) is 0 Å². The van der Waals surface area contributed by atoms with Crippen LogP contribution in [-0.2, 0) is 11.2 Å². The SMILES string of the molecule is C[C@H](NC(=O)CCCc1cccs1)[C@@H]1C[C@@H]2CC[C@@H]1C2. The van der Waals surface area contributed by atoms with E-state index in [-0.39, 0.29) is 5.91 Å². The quantitative estimate of drug-likeness (QED) is 0.843. The Kier molecular flexibility index (Phi) is 4.45. The molecule has 2 aliphatic rings. The van der Waals surface area contributed by atoms with Gasteiger partial charge in [0.25, 0.3) is 0 Å². The molecule has 3 rings (SSSR count). The van der Waals surface area contributed by atoms with Gasteiger partial charge in [0.05, 0.1) is 0 Å². The van der Waals surface area contributed by atoms with E-state index >= 15 is 0 Å². The molecule has 3 heteroatoms. The molecule has 1 aromatic heterocycles. The molecule has 0 unspecified atom stereocenters. The van der Waals surface area contributed by atoms with Crippen LogP contribution < -0.4 is 5.32 Å². The van der Waals surface area contributed by atoms with E-state index in [0.29, 0.717) is 12.5 Å². The lowest BCUT2D eigenvalue weighted by Gasteiger charge is -2.28. The fraction of sp³-hybridized carbons (Fsp3) is 0.706. The van der Waals surface area contributed by atoms with Crippen LogP contribution in [0.2, 0.25) is 0 Å². The molecule has 2 aliphatic carbocycles. The lowest BCUT2D eigenvalue weighted by molar-refractivity contribution is -0.122. The molecule has 2 fully saturated rings. The molecule has 1 heterocycles. The Morgan fingerprint density at radius 3 is 3.00 bits per heavy atom. The largest absolute Gasteiger partial charge is 0.353 e. The predicted octanol–water partition coefficient (Wildman–Crippen LogP) is 4.01. The molecule has 110 valence electrons. The molecule has 0 aromatic carbocycles. The molecule has 1 aromatic rings. The van der Waals surface area contributed by atoms with Crippen molar-refractivity contribution in [3.63, 3.8) is 0 Å². The smallest absolute Gasteiger partial charge is 0.220 e. The molecule has 20 heavy (non-hydrogen) atoms. The topological polar surface area (TPSA) is 29.1 Å². The molecule has 0 spiro atoms. The maximum Gasteiger partial charge on any atom is 0.220 e. The highest BCUT2D eigenvalue weighted by molar-refractivity contribution is 7.09. The van der Waals surface area contributed by atoms with Crippen LogP contribution in [0, 0.1) is 17.8 Å². The Balaban J connectivity index is 1.38. The van der Waals surface area contributed by atoms with Gasteiger partial charge in [-0.1, -0.05) is 12.5 Å². The number of aryl methyl sites for hydroxylation is 1. The van der Waals surface area contributed by atoms with Crippen LogP contribution in [0.25, 0.3) is 0 Å². The first-order valence-corrected chi connectivity index (χ1v) is 8.92. The Morgan fingerprint density at radius 2 is 2.35 bits per heavy atom. The maximum absolute atomic E-state index is 12.0. The molecule has 2 nitrogen and oxygen atoms in total. The van der Waals surface area contributed by atoms with Crippen molar-refractivity contribution in [2.45, 2.75) is 57.9 Å². The van der Waals surface area contributed by atoms with Crippen LogP contribution in [0.4, 0.5) is 0 Å². The Labute approximate surface area is 126 Å². The first-order valence-electron chi connectivity index (χ1n) is 8.04. The van der Waals surface area contributed by atoms with Crippen LogP contribution in [0.1, 0.15) is 50.3 Å². The number of hydrogen-bond acceptors (Lipinski definition) is 2. The summed E-state index contributed by atoms with van der Waals surface area (Å²) in [6, 6.07) is 4.61. The van der Waals surface area contributed by atoms with Crippen LogP contribution >= 0.6 is 11.3 Å². The Bertz CT molecular complexity index is 442. The van der Waals surface area contributed by atoms with Crippen molar-refractivity contribution in [2.75, 3.05) is 0 Å². The second-order valence-electron chi connectivity index (χ2n) is 6.63. The number of rotatable bonds is 6. The van der Waals surface area contributed by atoms with Crippen LogP contribution in [-0.4, -0.2) is 11.9 Å². The average molecular weight is 291 g/mol. The molecule has 1 N–H and O–H groups in total. The van der Waals surface area contributed by atoms with E-state index in [0.717, 1.165) is 30.6 Å². The van der Waals surface area contributed by atoms with Gasteiger partial charge in [-0.3, -0.25) is 4.79 Å². The lowest BCUT2D eigenvalue weighted by atomic mass is 9.84. The summed E-state index contributed by atoms with van der Waals surface area (Å²) in [4.78, 5) is 13.4. The minimum Gasteiger partial charge on any atom is -0.353 e. The van der Waals surface area contributed by atoms with Gasteiger partial charge in [0.2, 0.25) is 5.91 Å². The molecule has 2 saturated carbocycles. The number of fused-ring (bicyclic) bond motifs is 2. The van der Waals surface area contributed by atoms with Crippen molar-refractivity contribution in [1.29, 1.82) is 0 Å². The highest BCUT2D eigenvalue weighted by atomic mass is 32.1. The molecular weight excluding hydrogens is 266 g/mol. The first-order chi connectivity index (χ1) is 9.72. The summed E-state index contributed by atoms with van der Waals surface area (Å²) < 4.78 is 0. The monoisotopic (exact) mass is 291 g/mol. The number of amides is 1. The normalized spacial score (nSPS) is 29.6. The summed E-state index contributed by atoms with van der Waals surface area (Å²) >= 11 is 1.79. The highest BCUT2D eigenvalue weighted by Crippen LogP contribution is 2.49. The van der Waals surface area contributed by atoms with Crippen molar-refractivity contribution in [3.8, 4) is 0 Å². The maximum atomic E-state index is 12.0. The summed E-state index contributed by atoms with van der Waals surface area (Å²) in [7, 11) is 0. The average Bonchev–Trinajstić information content (AvgIpc) is 3.15. The Hall–Kier alpha value is -0.830. The van der Waals surface area contributed by atoms with E-state index in [1.165, 1.54) is 30.6 Å². The van der Waals surface area contributed by atoms with E-state index in [9.17, 15) is 4.79 Å². The molecule has 2 bridgehead atoms. The highest BCUT2D eigenvalue weighted by Gasteiger charge is 2.41. The second-order valence-corrected chi connectivity index (χ2v) is 7.66. The zero-order valence-electron chi connectivity index (χ0n) is 12.3. The van der Waals surface area contributed by atoms with Gasteiger partial charge in [-0.05, 0) is 68.2 Å². The Morgan fingerprint density at radius 1 is 1.45 bits per heavy atom. The lowest BCUT2D eigenvalue weighted by Crippen LogP contribution is -2.40. The van der Waals surface area contributed by atoms with Crippen LogP contribution in [0.15, 0.2) is 17.5 Å². The van der Waals surface area contributed by atoms with E-state index in [1.54, 1.807) is 11.3 Å². The minimum absolute atomic E-state index is 0.247. The third-order valence-corrected chi connectivity index (χ3v) is 6.17. The predicted molar refractivity (Wildman–Crippen MR) is 83.8 cm³/mol. The van der Waals surface area contributed by atoms with Crippen LogP contribution in [0.5, 0.6) is 0 Å². The number of thiophene rings is 1. The second kappa shape index (κ2) is 6.30. The zero-order valence-corrected chi connectivity index (χ0v) is 13.1. The fourth-order valence-electron chi connectivity index (χ4n) is 4.22. The van der Waals surface area contributed by atoms with Gasteiger partial charge in [0.15, 0.2) is 0 Å². The van der Waals surface area contributed by atoms with E-state index in [1.807, 2.05) is 0 Å². The minimum atomic E-state index is 0.247. The van der Waals surface area contributed by atoms with Gasteiger partial charge in [-0.25, -0.2) is 0 Å². The molecule has 0 aliphatic heterocycles. The van der Waals surface area contributed by atoms with Crippen molar-refractivity contribution in [3.05, 3.63) is 22.4 Å². The van der Waals surface area contributed by atoms with Crippen molar-refractivity contribution in [1.82, 2.24) is 5.32 Å². The third kappa shape index (κ3) is 3.25. The van der Waals surface area contributed by atoms with Gasteiger partial charge in [0, 0.05) is 17.3 Å². The molecule has 4 atom stereocenters. The summed E-state index contributed by atoms with van der Waals surface area (Å²) in [5, 5.41) is 5.36. The summed E-state index contributed by atoms with van der Waals surface area (Å²) in [6.07, 6.45) is 8.27. The number of carbonyl (C=O) groups is 1. The molecular formula is C17H25NOS. The van der Waals surface area contributed by atoms with E-state index in [2.05, 4.69) is 29.8 Å². The number of carbonyl (C=O) groups excluding carboxylic acids is 1. The van der Waals surface area contributed by atoms with Crippen molar-refractivity contribution >= 4 is 17.2 Å².